The first-order valence-electron chi connectivity index (χ1n) is 7.71. The van der Waals surface area contributed by atoms with Gasteiger partial charge in [0.25, 0.3) is 0 Å². The van der Waals surface area contributed by atoms with Crippen LogP contribution in [0.15, 0.2) is 12.1 Å². The molecule has 1 aromatic carbocycles. The van der Waals surface area contributed by atoms with Gasteiger partial charge in [0.2, 0.25) is 12.5 Å². The summed E-state index contributed by atoms with van der Waals surface area (Å²) in [6.45, 7) is 0.956. The predicted octanol–water partition coefficient (Wildman–Crippen LogP) is -0.0339. The monoisotopic (exact) mass is 357 g/mol. The number of carbonyl (C=O) groups is 1. The summed E-state index contributed by atoms with van der Waals surface area (Å²) in [5.41, 5.74) is 0.491. The van der Waals surface area contributed by atoms with Crippen molar-refractivity contribution in [2.75, 3.05) is 27.6 Å². The average molecular weight is 357 g/mol. The zero-order valence-corrected chi connectivity index (χ0v) is 14.3. The van der Waals surface area contributed by atoms with Crippen molar-refractivity contribution in [3.8, 4) is 17.2 Å². The van der Waals surface area contributed by atoms with E-state index >= 15 is 0 Å². The summed E-state index contributed by atoms with van der Waals surface area (Å²) in [6.07, 6.45) is -3.16. The first-order chi connectivity index (χ1) is 11.9. The molecular weight excluding hydrogens is 334 g/mol. The highest BCUT2D eigenvalue weighted by atomic mass is 16.7. The summed E-state index contributed by atoms with van der Waals surface area (Å²) in [5, 5.41) is 32.5. The molecule has 0 aliphatic carbocycles. The van der Waals surface area contributed by atoms with Gasteiger partial charge in [-0.2, -0.15) is 0 Å². The van der Waals surface area contributed by atoms with E-state index in [0.717, 1.165) is 0 Å². The minimum atomic E-state index is -1.28. The third-order valence-corrected chi connectivity index (χ3v) is 4.05. The predicted molar refractivity (Wildman–Crippen MR) is 86.0 cm³/mol. The largest absolute Gasteiger partial charge is 0.493 e. The van der Waals surface area contributed by atoms with Gasteiger partial charge in [0, 0.05) is 5.92 Å². The van der Waals surface area contributed by atoms with Crippen LogP contribution in [0.4, 0.5) is 4.79 Å². The molecule has 1 aliphatic heterocycles. The van der Waals surface area contributed by atoms with E-state index in [0.29, 0.717) is 22.8 Å². The molecule has 0 radical (unpaired) electrons. The van der Waals surface area contributed by atoms with E-state index < -0.39 is 36.9 Å². The average Bonchev–Trinajstić information content (AvgIpc) is 3.08. The highest BCUT2D eigenvalue weighted by Crippen LogP contribution is 2.44. The van der Waals surface area contributed by atoms with E-state index in [1.807, 2.05) is 0 Å². The molecule has 0 bridgehead atoms. The van der Waals surface area contributed by atoms with Crippen LogP contribution in [0.5, 0.6) is 17.2 Å². The van der Waals surface area contributed by atoms with Crippen LogP contribution in [-0.2, 0) is 4.74 Å². The molecule has 1 aromatic rings. The molecule has 1 amide bonds. The SMILES string of the molecule is COC(=O)N[C@@H](CO)[C@@H](c1cc(OC)c2c(c1)OCO2)[C@@H](O)[C@@H](C)O. The van der Waals surface area contributed by atoms with Crippen molar-refractivity contribution in [3.63, 3.8) is 0 Å². The molecule has 0 saturated heterocycles. The van der Waals surface area contributed by atoms with Gasteiger partial charge in [-0.25, -0.2) is 4.79 Å². The number of fused-ring (bicyclic) bond motifs is 1. The minimum Gasteiger partial charge on any atom is -0.493 e. The number of rotatable bonds is 7. The van der Waals surface area contributed by atoms with Crippen LogP contribution in [0.1, 0.15) is 18.4 Å². The fourth-order valence-electron chi connectivity index (χ4n) is 2.77. The van der Waals surface area contributed by atoms with E-state index in [1.54, 1.807) is 12.1 Å². The Labute approximate surface area is 145 Å². The molecule has 25 heavy (non-hydrogen) atoms. The number of carbonyl (C=O) groups excluding carboxylic acids is 1. The normalized spacial score (nSPS) is 17.4. The highest BCUT2D eigenvalue weighted by molar-refractivity contribution is 5.67. The summed E-state index contributed by atoms with van der Waals surface area (Å²) in [6, 6.07) is 2.30. The van der Waals surface area contributed by atoms with Gasteiger partial charge < -0.3 is 39.6 Å². The van der Waals surface area contributed by atoms with Crippen LogP contribution in [-0.4, -0.2) is 67.3 Å². The van der Waals surface area contributed by atoms with Crippen molar-refractivity contribution in [3.05, 3.63) is 17.7 Å². The molecule has 1 heterocycles. The lowest BCUT2D eigenvalue weighted by atomic mass is 9.84. The van der Waals surface area contributed by atoms with Crippen molar-refractivity contribution in [1.82, 2.24) is 5.32 Å². The van der Waals surface area contributed by atoms with Crippen molar-refractivity contribution in [2.45, 2.75) is 31.1 Å². The first kappa shape index (κ1) is 19.1. The number of aliphatic hydroxyl groups is 3. The molecular formula is C16H23NO8. The maximum Gasteiger partial charge on any atom is 0.407 e. The van der Waals surface area contributed by atoms with Gasteiger partial charge in [0.05, 0.1) is 39.1 Å². The van der Waals surface area contributed by atoms with Crippen LogP contribution in [0.25, 0.3) is 0 Å². The van der Waals surface area contributed by atoms with Gasteiger partial charge in [0.15, 0.2) is 11.5 Å². The van der Waals surface area contributed by atoms with Gasteiger partial charge in [-0.15, -0.1) is 0 Å². The molecule has 0 aromatic heterocycles. The molecule has 4 N–H and O–H groups in total. The van der Waals surface area contributed by atoms with Crippen molar-refractivity contribution in [1.29, 1.82) is 0 Å². The van der Waals surface area contributed by atoms with Crippen LogP contribution >= 0.6 is 0 Å². The lowest BCUT2D eigenvalue weighted by Gasteiger charge is -2.32. The molecule has 0 saturated carbocycles. The number of nitrogens with one attached hydrogen (secondary N) is 1. The highest BCUT2D eigenvalue weighted by Gasteiger charge is 2.35. The number of ether oxygens (including phenoxy) is 4. The Hall–Kier alpha value is -2.23. The van der Waals surface area contributed by atoms with Crippen LogP contribution in [0, 0.1) is 0 Å². The van der Waals surface area contributed by atoms with Crippen LogP contribution in [0.3, 0.4) is 0 Å². The van der Waals surface area contributed by atoms with Gasteiger partial charge in [-0.3, -0.25) is 0 Å². The number of benzene rings is 1. The van der Waals surface area contributed by atoms with Crippen molar-refractivity contribution < 1.29 is 39.1 Å². The number of aliphatic hydroxyl groups excluding tert-OH is 3. The molecule has 0 spiro atoms. The fourth-order valence-corrected chi connectivity index (χ4v) is 2.77. The molecule has 4 atom stereocenters. The molecule has 9 heteroatoms. The smallest absolute Gasteiger partial charge is 0.407 e. The van der Waals surface area contributed by atoms with E-state index in [9.17, 15) is 20.1 Å². The maximum atomic E-state index is 11.6. The Kier molecular flexibility index (Phi) is 6.29. The molecule has 1 aliphatic rings. The van der Waals surface area contributed by atoms with Gasteiger partial charge in [-0.05, 0) is 24.6 Å². The molecule has 0 unspecified atom stereocenters. The first-order valence-corrected chi connectivity index (χ1v) is 7.71. The number of hydrogen-bond donors (Lipinski definition) is 4. The quantitative estimate of drug-likeness (QED) is 0.536. The van der Waals surface area contributed by atoms with Crippen LogP contribution in [0.2, 0.25) is 0 Å². The number of hydrogen-bond acceptors (Lipinski definition) is 8. The fraction of sp³-hybridized carbons (Fsp3) is 0.562. The van der Waals surface area contributed by atoms with E-state index in [1.165, 1.54) is 21.1 Å². The Morgan fingerprint density at radius 3 is 2.60 bits per heavy atom. The summed E-state index contributed by atoms with van der Waals surface area (Å²) in [7, 11) is 2.64. The zero-order valence-electron chi connectivity index (χ0n) is 14.3. The van der Waals surface area contributed by atoms with E-state index in [-0.39, 0.29) is 6.79 Å². The minimum absolute atomic E-state index is 0.0304. The topological polar surface area (TPSA) is 127 Å². The number of alkyl carbamates (subject to hydrolysis) is 1. The standard InChI is InChI=1S/C16H23NO8/c1-8(19)14(20)13(10(6-18)17-16(21)23-3)9-4-11(22-2)15-12(5-9)24-7-25-15/h4-5,8,10,13-14,18-20H,6-7H2,1-3H3,(H,17,21)/t8-,10+,13-,14+/m1/s1. The summed E-state index contributed by atoms with van der Waals surface area (Å²) in [4.78, 5) is 11.6. The van der Waals surface area contributed by atoms with Crippen molar-refractivity contribution in [2.24, 2.45) is 0 Å². The van der Waals surface area contributed by atoms with E-state index in [2.05, 4.69) is 10.1 Å². The zero-order chi connectivity index (χ0) is 18.6. The van der Waals surface area contributed by atoms with Crippen LogP contribution < -0.4 is 19.5 Å². The Balaban J connectivity index is 2.46. The lowest BCUT2D eigenvalue weighted by molar-refractivity contribution is -0.000196. The van der Waals surface area contributed by atoms with Gasteiger partial charge in [0.1, 0.15) is 0 Å². The number of methoxy groups -OCH3 is 2. The summed E-state index contributed by atoms with van der Waals surface area (Å²) < 4.78 is 20.5. The maximum absolute atomic E-state index is 11.6. The van der Waals surface area contributed by atoms with Gasteiger partial charge in [-0.1, -0.05) is 0 Å². The summed E-state index contributed by atoms with van der Waals surface area (Å²) >= 11 is 0. The summed E-state index contributed by atoms with van der Waals surface area (Å²) in [5.74, 6) is 0.361. The molecule has 9 nitrogen and oxygen atoms in total. The third kappa shape index (κ3) is 4.06. The molecule has 140 valence electrons. The van der Waals surface area contributed by atoms with E-state index in [4.69, 9.17) is 14.2 Å². The lowest BCUT2D eigenvalue weighted by Crippen LogP contribution is -2.48. The second-order valence-corrected chi connectivity index (χ2v) is 5.64. The Bertz CT molecular complexity index is 606. The molecule has 2 rings (SSSR count). The van der Waals surface area contributed by atoms with Gasteiger partial charge >= 0.3 is 6.09 Å². The Morgan fingerprint density at radius 2 is 2.04 bits per heavy atom. The number of amides is 1. The second-order valence-electron chi connectivity index (χ2n) is 5.64. The third-order valence-electron chi connectivity index (χ3n) is 4.05. The molecule has 0 fully saturated rings. The Morgan fingerprint density at radius 1 is 1.32 bits per heavy atom. The van der Waals surface area contributed by atoms with Crippen molar-refractivity contribution >= 4 is 6.09 Å². The second kappa shape index (κ2) is 8.24.